The number of alkyl halides is 3. The smallest absolute Gasteiger partial charge is 0.406 e. The second kappa shape index (κ2) is 8.72. The summed E-state index contributed by atoms with van der Waals surface area (Å²) in [5.41, 5.74) is 1.33. The largest absolute Gasteiger partial charge is 0.573 e. The van der Waals surface area contributed by atoms with Crippen LogP contribution in [0.3, 0.4) is 0 Å². The Kier molecular flexibility index (Phi) is 6.39. The van der Waals surface area contributed by atoms with Crippen LogP contribution < -0.4 is 10.1 Å². The summed E-state index contributed by atoms with van der Waals surface area (Å²) >= 11 is 0. The molecule has 0 aliphatic rings. The Bertz CT molecular complexity index is 807. The molecule has 2 aromatic rings. The molecule has 0 saturated heterocycles. The highest BCUT2D eigenvalue weighted by Gasteiger charge is 2.30. The molecule has 0 saturated carbocycles. The Morgan fingerprint density at radius 2 is 1.77 bits per heavy atom. The lowest BCUT2D eigenvalue weighted by molar-refractivity contribution is -0.274. The summed E-state index contributed by atoms with van der Waals surface area (Å²) < 4.78 is 40.1. The fourth-order valence-electron chi connectivity index (χ4n) is 2.14. The maximum Gasteiger partial charge on any atom is 0.573 e. The number of carbonyl (C=O) groups excluding carboxylic acids is 1. The molecule has 0 bridgehead atoms. The van der Waals surface area contributed by atoms with Gasteiger partial charge in [0.2, 0.25) is 0 Å². The van der Waals surface area contributed by atoms with E-state index in [1.54, 1.807) is 6.07 Å². The van der Waals surface area contributed by atoms with E-state index in [2.05, 4.69) is 10.1 Å². The van der Waals surface area contributed by atoms with Crippen molar-refractivity contribution in [2.24, 2.45) is 0 Å². The molecule has 134 valence electrons. The summed E-state index contributed by atoms with van der Waals surface area (Å²) in [6, 6.07) is 16.2. The van der Waals surface area contributed by atoms with E-state index in [9.17, 15) is 18.0 Å². The van der Waals surface area contributed by atoms with Crippen LogP contribution in [0.15, 0.2) is 60.2 Å². The number of benzene rings is 2. The maximum atomic E-state index is 12.1. The zero-order valence-corrected chi connectivity index (χ0v) is 13.6. The van der Waals surface area contributed by atoms with Gasteiger partial charge in [-0.3, -0.25) is 4.79 Å². The van der Waals surface area contributed by atoms with E-state index < -0.39 is 12.3 Å². The van der Waals surface area contributed by atoms with E-state index in [1.165, 1.54) is 18.2 Å². The third-order valence-electron chi connectivity index (χ3n) is 3.33. The molecular weight excluding hydrogens is 345 g/mol. The molecule has 2 rings (SSSR count). The Labute approximate surface area is 148 Å². The SMILES string of the molecule is N#C/C(=C\c1ccc(OC(F)(F)F)cc1)C(=O)NCCc1ccccc1. The predicted molar refractivity (Wildman–Crippen MR) is 89.9 cm³/mol. The molecule has 0 spiro atoms. The van der Waals surface area contributed by atoms with Gasteiger partial charge in [0, 0.05) is 6.54 Å². The van der Waals surface area contributed by atoms with Crippen LogP contribution in [-0.4, -0.2) is 18.8 Å². The Balaban J connectivity index is 1.96. The van der Waals surface area contributed by atoms with Crippen molar-refractivity contribution in [2.45, 2.75) is 12.8 Å². The third-order valence-corrected chi connectivity index (χ3v) is 3.33. The van der Waals surface area contributed by atoms with Gasteiger partial charge in [-0.1, -0.05) is 42.5 Å². The number of nitrogens with zero attached hydrogens (tertiary/aromatic N) is 1. The van der Waals surface area contributed by atoms with Crippen molar-refractivity contribution < 1.29 is 22.7 Å². The fourth-order valence-corrected chi connectivity index (χ4v) is 2.14. The highest BCUT2D eigenvalue weighted by molar-refractivity contribution is 6.01. The summed E-state index contributed by atoms with van der Waals surface area (Å²) in [7, 11) is 0. The molecule has 1 N–H and O–H groups in total. The van der Waals surface area contributed by atoms with Gasteiger partial charge in [-0.2, -0.15) is 5.26 Å². The van der Waals surface area contributed by atoms with Crippen molar-refractivity contribution in [1.29, 1.82) is 5.26 Å². The minimum Gasteiger partial charge on any atom is -0.406 e. The lowest BCUT2D eigenvalue weighted by Gasteiger charge is -2.08. The standard InChI is InChI=1S/C19H15F3N2O2/c20-19(21,22)26-17-8-6-15(7-9-17)12-16(13-23)18(25)24-11-10-14-4-2-1-3-5-14/h1-9,12H,10-11H2,(H,24,25)/b16-12+. The molecule has 0 atom stereocenters. The van der Waals surface area contributed by atoms with Crippen LogP contribution >= 0.6 is 0 Å². The third kappa shape index (κ3) is 6.32. The zero-order valence-electron chi connectivity index (χ0n) is 13.6. The first-order valence-electron chi connectivity index (χ1n) is 7.67. The fraction of sp³-hybridized carbons (Fsp3) is 0.158. The molecule has 4 nitrogen and oxygen atoms in total. The highest BCUT2D eigenvalue weighted by atomic mass is 19.4. The van der Waals surface area contributed by atoms with E-state index in [4.69, 9.17) is 5.26 Å². The molecular formula is C19H15F3N2O2. The topological polar surface area (TPSA) is 62.1 Å². The molecule has 7 heteroatoms. The highest BCUT2D eigenvalue weighted by Crippen LogP contribution is 2.23. The van der Waals surface area contributed by atoms with Crippen molar-refractivity contribution in [1.82, 2.24) is 5.32 Å². The minimum atomic E-state index is -4.77. The Hall–Kier alpha value is -3.27. The maximum absolute atomic E-state index is 12.1. The predicted octanol–water partition coefficient (Wildman–Crippen LogP) is 3.85. The lowest BCUT2D eigenvalue weighted by atomic mass is 10.1. The average Bonchev–Trinajstić information content (AvgIpc) is 2.60. The number of amides is 1. The van der Waals surface area contributed by atoms with Crippen molar-refractivity contribution >= 4 is 12.0 Å². The van der Waals surface area contributed by atoms with Gasteiger partial charge in [0.1, 0.15) is 17.4 Å². The molecule has 0 fully saturated rings. The first kappa shape index (κ1) is 19.1. The van der Waals surface area contributed by atoms with Crippen LogP contribution in [0, 0.1) is 11.3 Å². The van der Waals surface area contributed by atoms with Crippen LogP contribution in [0.5, 0.6) is 5.75 Å². The lowest BCUT2D eigenvalue weighted by Crippen LogP contribution is -2.26. The van der Waals surface area contributed by atoms with Crippen molar-refractivity contribution in [3.63, 3.8) is 0 Å². The number of nitrogens with one attached hydrogen (secondary N) is 1. The van der Waals surface area contributed by atoms with Crippen LogP contribution in [0.2, 0.25) is 0 Å². The van der Waals surface area contributed by atoms with E-state index in [-0.39, 0.29) is 11.3 Å². The van der Waals surface area contributed by atoms with E-state index in [0.717, 1.165) is 17.7 Å². The van der Waals surface area contributed by atoms with Crippen LogP contribution in [0.25, 0.3) is 6.08 Å². The van der Waals surface area contributed by atoms with Gasteiger partial charge in [-0.25, -0.2) is 0 Å². The zero-order chi connectivity index (χ0) is 19.0. The second-order valence-electron chi connectivity index (χ2n) is 5.28. The molecule has 0 aliphatic carbocycles. The summed E-state index contributed by atoms with van der Waals surface area (Å²) in [4.78, 5) is 12.0. The number of nitriles is 1. The van der Waals surface area contributed by atoms with Crippen molar-refractivity contribution in [3.05, 3.63) is 71.3 Å². The molecule has 1 amide bonds. The van der Waals surface area contributed by atoms with E-state index in [0.29, 0.717) is 18.5 Å². The van der Waals surface area contributed by atoms with Gasteiger partial charge in [0.15, 0.2) is 0 Å². The molecule has 0 aromatic heterocycles. The summed E-state index contributed by atoms with van der Waals surface area (Å²) in [6.45, 7) is 0.361. The van der Waals surface area contributed by atoms with E-state index >= 15 is 0 Å². The minimum absolute atomic E-state index is 0.137. The molecule has 0 unspecified atom stereocenters. The first-order chi connectivity index (χ1) is 12.4. The molecule has 0 aliphatic heterocycles. The molecule has 0 radical (unpaired) electrons. The van der Waals surface area contributed by atoms with Gasteiger partial charge in [0.05, 0.1) is 0 Å². The number of hydrogen-bond donors (Lipinski definition) is 1. The number of carbonyl (C=O) groups is 1. The van der Waals surface area contributed by atoms with Gasteiger partial charge in [0.25, 0.3) is 5.91 Å². The number of ether oxygens (including phenoxy) is 1. The molecule has 2 aromatic carbocycles. The monoisotopic (exact) mass is 360 g/mol. The average molecular weight is 360 g/mol. The van der Waals surface area contributed by atoms with Gasteiger partial charge < -0.3 is 10.1 Å². The quantitative estimate of drug-likeness (QED) is 0.629. The van der Waals surface area contributed by atoms with Gasteiger partial charge in [-0.15, -0.1) is 13.2 Å². The number of hydrogen-bond acceptors (Lipinski definition) is 3. The number of rotatable bonds is 6. The summed E-state index contributed by atoms with van der Waals surface area (Å²) in [6.07, 6.45) is -2.85. The van der Waals surface area contributed by atoms with Crippen LogP contribution in [-0.2, 0) is 11.2 Å². The van der Waals surface area contributed by atoms with Crippen molar-refractivity contribution in [2.75, 3.05) is 6.54 Å². The van der Waals surface area contributed by atoms with Crippen LogP contribution in [0.1, 0.15) is 11.1 Å². The van der Waals surface area contributed by atoms with Gasteiger partial charge >= 0.3 is 6.36 Å². The Morgan fingerprint density at radius 1 is 1.12 bits per heavy atom. The molecule has 26 heavy (non-hydrogen) atoms. The summed E-state index contributed by atoms with van der Waals surface area (Å²) in [5, 5.41) is 11.8. The molecule has 0 heterocycles. The number of halogens is 3. The van der Waals surface area contributed by atoms with E-state index in [1.807, 2.05) is 30.3 Å². The summed E-state index contributed by atoms with van der Waals surface area (Å²) in [5.74, 6) is -0.917. The van der Waals surface area contributed by atoms with Crippen molar-refractivity contribution in [3.8, 4) is 11.8 Å². The first-order valence-corrected chi connectivity index (χ1v) is 7.67. The second-order valence-corrected chi connectivity index (χ2v) is 5.28. The van der Waals surface area contributed by atoms with Crippen LogP contribution in [0.4, 0.5) is 13.2 Å². The Morgan fingerprint density at radius 3 is 2.35 bits per heavy atom. The van der Waals surface area contributed by atoms with Gasteiger partial charge in [-0.05, 0) is 35.8 Å². The normalized spacial score (nSPS) is 11.5.